The summed E-state index contributed by atoms with van der Waals surface area (Å²) in [5.74, 6) is -1.19. The minimum atomic E-state index is -3.45. The van der Waals surface area contributed by atoms with Gasteiger partial charge in [0.1, 0.15) is 11.6 Å². The summed E-state index contributed by atoms with van der Waals surface area (Å²) >= 11 is 0. The van der Waals surface area contributed by atoms with Crippen molar-refractivity contribution in [3.8, 4) is 0 Å². The van der Waals surface area contributed by atoms with Crippen LogP contribution in [-0.2, 0) is 16.4 Å². The molecule has 0 aromatic heterocycles. The molecule has 1 N–H and O–H groups in total. The van der Waals surface area contributed by atoms with E-state index in [1.54, 1.807) is 12.1 Å². The van der Waals surface area contributed by atoms with Gasteiger partial charge in [-0.25, -0.2) is 21.5 Å². The Bertz CT molecular complexity index is 838. The number of rotatable bonds is 8. The maximum atomic E-state index is 12.9. The zero-order valence-corrected chi connectivity index (χ0v) is 15.1. The molecule has 0 atom stereocenters. The van der Waals surface area contributed by atoms with Crippen LogP contribution < -0.4 is 5.32 Å². The third kappa shape index (κ3) is 6.20. The summed E-state index contributed by atoms with van der Waals surface area (Å²) in [4.78, 5) is 12.0. The Hall–Kier alpha value is -2.32. The highest BCUT2D eigenvalue weighted by Gasteiger charge is 2.16. The highest BCUT2D eigenvalue weighted by Crippen LogP contribution is 2.07. The molecule has 5 nitrogen and oxygen atoms in total. The predicted octanol–water partition coefficient (Wildman–Crippen LogP) is 2.20. The second-order valence-electron chi connectivity index (χ2n) is 5.80. The Balaban J connectivity index is 1.88. The molecule has 0 saturated heterocycles. The van der Waals surface area contributed by atoms with Crippen molar-refractivity contribution in [2.24, 2.45) is 0 Å². The molecule has 1 amide bonds. The second kappa shape index (κ2) is 8.86. The lowest BCUT2D eigenvalue weighted by Crippen LogP contribution is -2.39. The van der Waals surface area contributed by atoms with E-state index < -0.39 is 21.7 Å². The second-order valence-corrected chi connectivity index (χ2v) is 7.78. The van der Waals surface area contributed by atoms with E-state index in [1.807, 2.05) is 0 Å². The van der Waals surface area contributed by atoms with Gasteiger partial charge >= 0.3 is 0 Å². The van der Waals surface area contributed by atoms with Crippen molar-refractivity contribution in [1.82, 2.24) is 9.62 Å². The smallest absolute Gasteiger partial charge is 0.251 e. The minimum absolute atomic E-state index is 0.104. The highest BCUT2D eigenvalue weighted by molar-refractivity contribution is 7.88. The van der Waals surface area contributed by atoms with E-state index in [0.29, 0.717) is 12.0 Å². The predicted molar refractivity (Wildman–Crippen MR) is 95.3 cm³/mol. The molecule has 0 saturated carbocycles. The van der Waals surface area contributed by atoms with Crippen LogP contribution in [0.3, 0.4) is 0 Å². The van der Waals surface area contributed by atoms with Crippen LogP contribution in [0.4, 0.5) is 8.78 Å². The Morgan fingerprint density at radius 3 is 2.04 bits per heavy atom. The molecule has 8 heteroatoms. The first-order valence-corrected chi connectivity index (χ1v) is 9.84. The molecule has 0 aliphatic carbocycles. The lowest BCUT2D eigenvalue weighted by Gasteiger charge is -2.20. The molecule has 0 bridgehead atoms. The lowest BCUT2D eigenvalue weighted by molar-refractivity contribution is 0.0951. The van der Waals surface area contributed by atoms with Crippen molar-refractivity contribution in [3.05, 3.63) is 71.3 Å². The number of hydrogen-bond acceptors (Lipinski definition) is 3. The SMILES string of the molecule is CS(=O)(=O)N(CCNC(=O)c1ccc(F)cc1)CCc1ccc(F)cc1. The van der Waals surface area contributed by atoms with E-state index in [2.05, 4.69) is 5.32 Å². The van der Waals surface area contributed by atoms with Crippen LogP contribution in [0, 0.1) is 11.6 Å². The van der Waals surface area contributed by atoms with Crippen LogP contribution in [-0.4, -0.2) is 44.5 Å². The van der Waals surface area contributed by atoms with Gasteiger partial charge in [0.25, 0.3) is 5.91 Å². The molecule has 26 heavy (non-hydrogen) atoms. The van der Waals surface area contributed by atoms with Gasteiger partial charge in [0.15, 0.2) is 0 Å². The van der Waals surface area contributed by atoms with E-state index in [-0.39, 0.29) is 25.5 Å². The molecule has 2 aromatic rings. The quantitative estimate of drug-likeness (QED) is 0.761. The average molecular weight is 382 g/mol. The fourth-order valence-electron chi connectivity index (χ4n) is 2.35. The van der Waals surface area contributed by atoms with Gasteiger partial charge in [0.05, 0.1) is 6.26 Å². The van der Waals surface area contributed by atoms with Crippen LogP contribution in [0.15, 0.2) is 48.5 Å². The van der Waals surface area contributed by atoms with E-state index in [4.69, 9.17) is 0 Å². The summed E-state index contributed by atoms with van der Waals surface area (Å²) in [5.41, 5.74) is 1.11. The number of carbonyl (C=O) groups excluding carboxylic acids is 1. The van der Waals surface area contributed by atoms with Gasteiger partial charge in [0.2, 0.25) is 10.0 Å². The summed E-state index contributed by atoms with van der Waals surface area (Å²) in [5, 5.41) is 2.61. The Kier molecular flexibility index (Phi) is 6.82. The van der Waals surface area contributed by atoms with Crippen molar-refractivity contribution in [3.63, 3.8) is 0 Å². The van der Waals surface area contributed by atoms with Gasteiger partial charge < -0.3 is 5.32 Å². The number of amides is 1. The molecule has 2 rings (SSSR count). The van der Waals surface area contributed by atoms with E-state index in [0.717, 1.165) is 11.8 Å². The molecular formula is C18H20F2N2O3S. The highest BCUT2D eigenvalue weighted by atomic mass is 32.2. The molecule has 0 unspecified atom stereocenters. The van der Waals surface area contributed by atoms with Crippen molar-refractivity contribution >= 4 is 15.9 Å². The van der Waals surface area contributed by atoms with Crippen LogP contribution in [0.5, 0.6) is 0 Å². The number of hydrogen-bond donors (Lipinski definition) is 1. The van der Waals surface area contributed by atoms with Gasteiger partial charge in [-0.2, -0.15) is 0 Å². The van der Waals surface area contributed by atoms with Gasteiger partial charge in [-0.3, -0.25) is 4.79 Å². The van der Waals surface area contributed by atoms with Crippen molar-refractivity contribution in [2.45, 2.75) is 6.42 Å². The van der Waals surface area contributed by atoms with Crippen LogP contribution in [0.25, 0.3) is 0 Å². The van der Waals surface area contributed by atoms with Crippen molar-refractivity contribution in [2.75, 3.05) is 25.9 Å². The molecule has 0 heterocycles. The molecule has 0 radical (unpaired) electrons. The monoisotopic (exact) mass is 382 g/mol. The molecule has 0 fully saturated rings. The van der Waals surface area contributed by atoms with Crippen LogP contribution in [0.1, 0.15) is 15.9 Å². The third-order valence-corrected chi connectivity index (χ3v) is 5.09. The zero-order chi connectivity index (χ0) is 19.2. The standard InChI is InChI=1S/C18H20F2N2O3S/c1-26(24,25)22(12-10-14-2-6-16(19)7-3-14)13-11-21-18(23)15-4-8-17(20)9-5-15/h2-9H,10-13H2,1H3,(H,21,23). The maximum Gasteiger partial charge on any atom is 0.251 e. The van der Waals surface area contributed by atoms with E-state index >= 15 is 0 Å². The van der Waals surface area contributed by atoms with Crippen LogP contribution >= 0.6 is 0 Å². The van der Waals surface area contributed by atoms with Gasteiger partial charge in [-0.1, -0.05) is 12.1 Å². The normalized spacial score (nSPS) is 11.5. The molecule has 0 spiro atoms. The fraction of sp³-hybridized carbons (Fsp3) is 0.278. The van der Waals surface area contributed by atoms with Crippen molar-refractivity contribution < 1.29 is 22.0 Å². The molecule has 2 aromatic carbocycles. The largest absolute Gasteiger partial charge is 0.351 e. The molecule has 0 aliphatic rings. The summed E-state index contributed by atoms with van der Waals surface area (Å²) in [7, 11) is -3.45. The van der Waals surface area contributed by atoms with Gasteiger partial charge in [-0.15, -0.1) is 0 Å². The third-order valence-electron chi connectivity index (χ3n) is 3.79. The zero-order valence-electron chi connectivity index (χ0n) is 14.3. The number of halogens is 2. The number of sulfonamides is 1. The summed E-state index contributed by atoms with van der Waals surface area (Å²) < 4.78 is 50.8. The average Bonchev–Trinajstić information content (AvgIpc) is 2.58. The molecular weight excluding hydrogens is 362 g/mol. The minimum Gasteiger partial charge on any atom is -0.351 e. The first kappa shape index (κ1) is 20.0. The Morgan fingerprint density at radius 2 is 1.50 bits per heavy atom. The summed E-state index contributed by atoms with van der Waals surface area (Å²) in [6, 6.07) is 10.9. The molecule has 0 aliphatic heterocycles. The first-order valence-electron chi connectivity index (χ1n) is 7.99. The first-order chi connectivity index (χ1) is 12.3. The number of nitrogens with zero attached hydrogens (tertiary/aromatic N) is 1. The number of benzene rings is 2. The maximum absolute atomic E-state index is 12.9. The van der Waals surface area contributed by atoms with Crippen LogP contribution in [0.2, 0.25) is 0 Å². The van der Waals surface area contributed by atoms with E-state index in [9.17, 15) is 22.0 Å². The van der Waals surface area contributed by atoms with E-state index in [1.165, 1.54) is 40.7 Å². The Morgan fingerprint density at radius 1 is 0.962 bits per heavy atom. The van der Waals surface area contributed by atoms with Gasteiger partial charge in [-0.05, 0) is 48.4 Å². The van der Waals surface area contributed by atoms with Gasteiger partial charge in [0, 0.05) is 25.2 Å². The fourth-order valence-corrected chi connectivity index (χ4v) is 3.19. The number of carbonyl (C=O) groups is 1. The summed E-state index contributed by atoms with van der Waals surface area (Å²) in [6.07, 6.45) is 1.53. The topological polar surface area (TPSA) is 66.5 Å². The summed E-state index contributed by atoms with van der Waals surface area (Å²) in [6.45, 7) is 0.441. The molecule has 140 valence electrons. The Labute approximate surface area is 151 Å². The number of nitrogens with one attached hydrogen (secondary N) is 1. The van der Waals surface area contributed by atoms with Crippen molar-refractivity contribution in [1.29, 1.82) is 0 Å². The lowest BCUT2D eigenvalue weighted by atomic mass is 10.1.